The predicted octanol–water partition coefficient (Wildman–Crippen LogP) is 2.57. The van der Waals surface area contributed by atoms with Gasteiger partial charge in [-0.2, -0.15) is 8.42 Å². The molecule has 1 N–H and O–H groups in total. The normalized spacial score (nSPS) is 11.6. The predicted molar refractivity (Wildman–Crippen MR) is 74.2 cm³/mol. The van der Waals surface area contributed by atoms with Crippen LogP contribution >= 0.6 is 0 Å². The number of hydrogen-bond donors (Lipinski definition) is 1. The molecule has 0 radical (unpaired) electrons. The van der Waals surface area contributed by atoms with Crippen LogP contribution in [-0.2, 0) is 10.1 Å². The van der Waals surface area contributed by atoms with Crippen molar-refractivity contribution in [3.05, 3.63) is 17.9 Å². The van der Waals surface area contributed by atoms with E-state index in [1.54, 1.807) is 4.90 Å². The lowest BCUT2D eigenvalue weighted by Gasteiger charge is -2.21. The summed E-state index contributed by atoms with van der Waals surface area (Å²) in [5.41, 5.74) is 0. The first-order chi connectivity index (χ1) is 9.40. The van der Waals surface area contributed by atoms with Crippen LogP contribution in [0.25, 0.3) is 0 Å². The Labute approximate surface area is 119 Å². The van der Waals surface area contributed by atoms with Crippen molar-refractivity contribution in [2.45, 2.75) is 44.6 Å². The summed E-state index contributed by atoms with van der Waals surface area (Å²) >= 11 is 0. The first kappa shape index (κ1) is 16.7. The van der Waals surface area contributed by atoms with Crippen LogP contribution in [0, 0.1) is 0 Å². The van der Waals surface area contributed by atoms with Gasteiger partial charge in [0.25, 0.3) is 5.91 Å². The fraction of sp³-hybridized carbons (Fsp3) is 0.615. The molecule has 0 aliphatic rings. The first-order valence-electron chi connectivity index (χ1n) is 6.76. The maximum Gasteiger partial charge on any atom is 0.328 e. The molecule has 1 aromatic rings. The van der Waals surface area contributed by atoms with Gasteiger partial charge in [-0.15, -0.1) is 0 Å². The number of nitrogens with zero attached hydrogens (tertiary/aromatic N) is 1. The fourth-order valence-electron chi connectivity index (χ4n) is 1.74. The molecule has 1 amide bonds. The molecule has 20 heavy (non-hydrogen) atoms. The van der Waals surface area contributed by atoms with Crippen LogP contribution in [0.4, 0.5) is 0 Å². The second kappa shape index (κ2) is 7.44. The molecule has 0 aliphatic carbocycles. The van der Waals surface area contributed by atoms with E-state index in [0.717, 1.165) is 31.7 Å². The second-order valence-corrected chi connectivity index (χ2v) is 5.95. The van der Waals surface area contributed by atoms with Gasteiger partial charge in [0.15, 0.2) is 5.76 Å². The summed E-state index contributed by atoms with van der Waals surface area (Å²) in [4.78, 5) is 13.9. The highest BCUT2D eigenvalue weighted by Gasteiger charge is 2.22. The number of hydrogen-bond acceptors (Lipinski definition) is 4. The van der Waals surface area contributed by atoms with Crippen molar-refractivity contribution in [2.24, 2.45) is 0 Å². The molecule has 0 atom stereocenters. The highest BCUT2D eigenvalue weighted by molar-refractivity contribution is 7.85. The van der Waals surface area contributed by atoms with Crippen molar-refractivity contribution < 1.29 is 22.2 Å². The number of furan rings is 1. The highest BCUT2D eigenvalue weighted by Crippen LogP contribution is 2.16. The summed E-state index contributed by atoms with van der Waals surface area (Å²) in [5, 5.41) is -0.605. The largest absolute Gasteiger partial charge is 0.437 e. The third kappa shape index (κ3) is 4.64. The zero-order valence-corrected chi connectivity index (χ0v) is 12.6. The van der Waals surface area contributed by atoms with Gasteiger partial charge in [-0.3, -0.25) is 9.35 Å². The maximum absolute atomic E-state index is 12.3. The van der Waals surface area contributed by atoms with E-state index in [0.29, 0.717) is 13.1 Å². The average molecular weight is 303 g/mol. The SMILES string of the molecule is CCCCN(CCCC)C(=O)c1ccc(S(=O)(=O)O)o1. The van der Waals surface area contributed by atoms with Crippen LogP contribution in [0.5, 0.6) is 0 Å². The molecule has 0 aliphatic heterocycles. The smallest absolute Gasteiger partial charge is 0.328 e. The Morgan fingerprint density at radius 2 is 1.75 bits per heavy atom. The summed E-state index contributed by atoms with van der Waals surface area (Å²) < 4.78 is 35.6. The molecule has 0 saturated heterocycles. The van der Waals surface area contributed by atoms with Gasteiger partial charge in [-0.25, -0.2) is 0 Å². The maximum atomic E-state index is 12.3. The number of amides is 1. The lowest BCUT2D eigenvalue weighted by atomic mass is 10.2. The van der Waals surface area contributed by atoms with Gasteiger partial charge in [0.2, 0.25) is 5.09 Å². The van der Waals surface area contributed by atoms with Gasteiger partial charge in [-0.05, 0) is 25.0 Å². The molecule has 0 saturated carbocycles. The Kier molecular flexibility index (Phi) is 6.22. The molecular weight excluding hydrogens is 282 g/mol. The molecule has 114 valence electrons. The minimum atomic E-state index is -4.41. The first-order valence-corrected chi connectivity index (χ1v) is 8.20. The number of carbonyl (C=O) groups excluding carboxylic acids is 1. The fourth-order valence-corrected chi connectivity index (χ4v) is 2.18. The highest BCUT2D eigenvalue weighted by atomic mass is 32.2. The minimum Gasteiger partial charge on any atom is -0.437 e. The zero-order chi connectivity index (χ0) is 15.2. The number of rotatable bonds is 8. The molecule has 0 unspecified atom stereocenters. The van der Waals surface area contributed by atoms with E-state index in [1.807, 2.05) is 13.8 Å². The molecule has 0 fully saturated rings. The zero-order valence-electron chi connectivity index (χ0n) is 11.8. The van der Waals surface area contributed by atoms with Gasteiger partial charge in [-0.1, -0.05) is 26.7 Å². The van der Waals surface area contributed by atoms with Crippen LogP contribution in [-0.4, -0.2) is 36.9 Å². The van der Waals surface area contributed by atoms with E-state index in [9.17, 15) is 13.2 Å². The Morgan fingerprint density at radius 3 is 2.15 bits per heavy atom. The van der Waals surface area contributed by atoms with Gasteiger partial charge in [0.05, 0.1) is 0 Å². The van der Waals surface area contributed by atoms with E-state index >= 15 is 0 Å². The summed E-state index contributed by atoms with van der Waals surface area (Å²) in [6.45, 7) is 5.28. The van der Waals surface area contributed by atoms with Crippen molar-refractivity contribution >= 4 is 16.0 Å². The standard InChI is InChI=1S/C13H21NO5S/c1-3-5-9-14(10-6-4-2)13(15)11-7-8-12(19-11)20(16,17)18/h7-8H,3-6,9-10H2,1-2H3,(H,16,17,18). The molecule has 0 aromatic carbocycles. The summed E-state index contributed by atoms with van der Waals surface area (Å²) in [7, 11) is -4.41. The quantitative estimate of drug-likeness (QED) is 0.746. The van der Waals surface area contributed by atoms with E-state index in [4.69, 9.17) is 8.97 Å². The van der Waals surface area contributed by atoms with Crippen molar-refractivity contribution in [3.63, 3.8) is 0 Å². The van der Waals surface area contributed by atoms with E-state index in [1.165, 1.54) is 6.07 Å². The molecule has 0 spiro atoms. The molecule has 7 heteroatoms. The summed E-state index contributed by atoms with van der Waals surface area (Å²) in [6.07, 6.45) is 3.68. The Balaban J connectivity index is 2.85. The molecule has 1 rings (SSSR count). The van der Waals surface area contributed by atoms with E-state index in [-0.39, 0.29) is 11.7 Å². The van der Waals surface area contributed by atoms with Crippen LogP contribution in [0.2, 0.25) is 0 Å². The lowest BCUT2D eigenvalue weighted by molar-refractivity contribution is 0.0713. The monoisotopic (exact) mass is 303 g/mol. The summed E-state index contributed by atoms with van der Waals surface area (Å²) in [6, 6.07) is 2.36. The van der Waals surface area contributed by atoms with Crippen LogP contribution in [0.1, 0.15) is 50.1 Å². The van der Waals surface area contributed by atoms with Crippen molar-refractivity contribution in [1.82, 2.24) is 4.90 Å². The number of carbonyl (C=O) groups is 1. The minimum absolute atomic E-state index is 0.0650. The molecular formula is C13H21NO5S. The van der Waals surface area contributed by atoms with Crippen molar-refractivity contribution in [2.75, 3.05) is 13.1 Å². The van der Waals surface area contributed by atoms with Crippen molar-refractivity contribution in [1.29, 1.82) is 0 Å². The average Bonchev–Trinajstić information content (AvgIpc) is 2.87. The van der Waals surface area contributed by atoms with Crippen LogP contribution in [0.15, 0.2) is 21.6 Å². The second-order valence-electron chi connectivity index (χ2n) is 4.59. The number of unbranched alkanes of at least 4 members (excludes halogenated alkanes) is 2. The van der Waals surface area contributed by atoms with Crippen LogP contribution < -0.4 is 0 Å². The van der Waals surface area contributed by atoms with E-state index < -0.39 is 15.2 Å². The Hall–Kier alpha value is -1.34. The van der Waals surface area contributed by atoms with Crippen molar-refractivity contribution in [3.8, 4) is 0 Å². The van der Waals surface area contributed by atoms with Gasteiger partial charge < -0.3 is 9.32 Å². The van der Waals surface area contributed by atoms with Gasteiger partial charge in [0.1, 0.15) is 0 Å². The van der Waals surface area contributed by atoms with Gasteiger partial charge >= 0.3 is 10.1 Å². The molecule has 6 nitrogen and oxygen atoms in total. The van der Waals surface area contributed by atoms with Crippen LogP contribution in [0.3, 0.4) is 0 Å². The van der Waals surface area contributed by atoms with Gasteiger partial charge in [0, 0.05) is 13.1 Å². The Morgan fingerprint density at radius 1 is 1.20 bits per heavy atom. The lowest BCUT2D eigenvalue weighted by Crippen LogP contribution is -2.32. The molecule has 0 bridgehead atoms. The van der Waals surface area contributed by atoms with E-state index in [2.05, 4.69) is 0 Å². The summed E-state index contributed by atoms with van der Waals surface area (Å²) in [5.74, 6) is -0.411. The molecule has 1 aromatic heterocycles. The molecule has 1 heterocycles. The topological polar surface area (TPSA) is 87.8 Å². The third-order valence-corrected chi connectivity index (χ3v) is 3.62. The Bertz CT molecular complexity index is 527. The third-order valence-electron chi connectivity index (χ3n) is 2.90.